The van der Waals surface area contributed by atoms with Gasteiger partial charge in [-0.1, -0.05) is 6.92 Å². The number of hydrogen-bond donors (Lipinski definition) is 3. The van der Waals surface area contributed by atoms with Crippen molar-refractivity contribution >= 4 is 33.4 Å². The summed E-state index contributed by atoms with van der Waals surface area (Å²) in [6.07, 6.45) is 3.33. The van der Waals surface area contributed by atoms with Crippen molar-refractivity contribution in [2.24, 2.45) is 5.92 Å². The number of nitrogens with one attached hydrogen (secondary N) is 2. The van der Waals surface area contributed by atoms with Crippen molar-refractivity contribution in [1.82, 2.24) is 15.3 Å². The van der Waals surface area contributed by atoms with E-state index >= 15 is 0 Å². The van der Waals surface area contributed by atoms with E-state index in [-0.39, 0.29) is 24.3 Å². The molecule has 1 unspecified atom stereocenters. The Hall–Kier alpha value is -2.22. The van der Waals surface area contributed by atoms with Gasteiger partial charge in [-0.15, -0.1) is 11.3 Å². The lowest BCUT2D eigenvalue weighted by Gasteiger charge is -2.17. The molecule has 25 heavy (non-hydrogen) atoms. The van der Waals surface area contributed by atoms with E-state index in [9.17, 15) is 14.4 Å². The number of aromatic nitrogens is 2. The molecule has 1 amide bonds. The lowest BCUT2D eigenvalue weighted by atomic mass is 9.89. The molecule has 0 saturated heterocycles. The van der Waals surface area contributed by atoms with E-state index in [2.05, 4.69) is 22.2 Å². The molecule has 0 aromatic carbocycles. The van der Waals surface area contributed by atoms with Gasteiger partial charge in [0, 0.05) is 17.7 Å². The van der Waals surface area contributed by atoms with Gasteiger partial charge in [0.05, 0.1) is 5.39 Å². The summed E-state index contributed by atoms with van der Waals surface area (Å²) < 4.78 is 0. The highest BCUT2D eigenvalue weighted by Gasteiger charge is 2.23. The number of aryl methyl sites for hydroxylation is 2. The van der Waals surface area contributed by atoms with Gasteiger partial charge in [0.25, 0.3) is 5.56 Å². The minimum atomic E-state index is -1.08. The summed E-state index contributed by atoms with van der Waals surface area (Å²) in [5.74, 6) is -0.377. The maximum Gasteiger partial charge on any atom is 0.325 e. The third-order valence-corrected chi connectivity index (χ3v) is 5.70. The Bertz CT molecular complexity index is 886. The van der Waals surface area contributed by atoms with Crippen LogP contribution in [-0.4, -0.2) is 33.0 Å². The zero-order valence-electron chi connectivity index (χ0n) is 14.2. The summed E-state index contributed by atoms with van der Waals surface area (Å²) in [5.41, 5.74) is 0.984. The van der Waals surface area contributed by atoms with Gasteiger partial charge in [-0.05, 0) is 37.7 Å². The number of thiophene rings is 1. The number of nitrogens with zero attached hydrogens (tertiary/aromatic N) is 1. The van der Waals surface area contributed by atoms with E-state index in [1.165, 1.54) is 11.8 Å². The van der Waals surface area contributed by atoms with Gasteiger partial charge in [0.1, 0.15) is 16.7 Å². The number of carbonyl (C=O) groups excluding carboxylic acids is 1. The van der Waals surface area contributed by atoms with Crippen LogP contribution in [0.2, 0.25) is 0 Å². The fourth-order valence-electron chi connectivity index (χ4n) is 3.12. The Morgan fingerprint density at radius 2 is 2.24 bits per heavy atom. The number of amides is 1. The number of carboxylic acids is 1. The molecule has 0 spiro atoms. The largest absolute Gasteiger partial charge is 0.480 e. The summed E-state index contributed by atoms with van der Waals surface area (Å²) in [6, 6.07) is -0.937. The summed E-state index contributed by atoms with van der Waals surface area (Å²) in [4.78, 5) is 44.3. The Morgan fingerprint density at radius 1 is 1.48 bits per heavy atom. The standard InChI is InChI=1S/C17H21N3O4S/c1-8-3-4-10-11(7-8)25-16-14(10)15(22)19-12(20-16)5-6-13(21)18-9(2)17(23)24/h8-9H,3-7H2,1-2H3,(H,18,21)(H,23,24)(H,19,20,22)/t8?,9-/m0/s1. The highest BCUT2D eigenvalue weighted by atomic mass is 32.1. The Kier molecular flexibility index (Phi) is 4.89. The number of carbonyl (C=O) groups is 2. The molecular weight excluding hydrogens is 342 g/mol. The van der Waals surface area contributed by atoms with Gasteiger partial charge in [-0.2, -0.15) is 0 Å². The number of H-pyrrole nitrogens is 1. The van der Waals surface area contributed by atoms with E-state index in [0.29, 0.717) is 17.1 Å². The van der Waals surface area contributed by atoms with Crippen molar-refractivity contribution in [3.63, 3.8) is 0 Å². The molecule has 0 radical (unpaired) electrons. The van der Waals surface area contributed by atoms with Crippen LogP contribution in [0.1, 0.15) is 43.0 Å². The second kappa shape index (κ2) is 6.95. The van der Waals surface area contributed by atoms with Crippen LogP contribution in [0, 0.1) is 5.92 Å². The quantitative estimate of drug-likeness (QED) is 0.747. The molecular formula is C17H21N3O4S. The van der Waals surface area contributed by atoms with Crippen LogP contribution in [0.15, 0.2) is 4.79 Å². The van der Waals surface area contributed by atoms with E-state index < -0.39 is 12.0 Å². The van der Waals surface area contributed by atoms with Crippen LogP contribution in [0.4, 0.5) is 0 Å². The maximum atomic E-state index is 12.5. The van der Waals surface area contributed by atoms with Crippen LogP contribution in [0.5, 0.6) is 0 Å². The summed E-state index contributed by atoms with van der Waals surface area (Å²) in [5, 5.41) is 11.9. The SMILES string of the molecule is CC1CCc2c(sc3nc(CCC(=O)N[C@@H](C)C(=O)O)[nH]c(=O)c23)C1. The number of aromatic amines is 1. The van der Waals surface area contributed by atoms with Gasteiger partial charge >= 0.3 is 5.97 Å². The molecule has 3 rings (SSSR count). The summed E-state index contributed by atoms with van der Waals surface area (Å²) in [6.45, 7) is 3.62. The summed E-state index contributed by atoms with van der Waals surface area (Å²) >= 11 is 1.57. The second-order valence-electron chi connectivity index (χ2n) is 6.67. The first kappa shape index (κ1) is 17.6. The third-order valence-electron chi connectivity index (χ3n) is 4.55. The van der Waals surface area contributed by atoms with Crippen LogP contribution in [0.3, 0.4) is 0 Å². The molecule has 3 N–H and O–H groups in total. The monoisotopic (exact) mass is 363 g/mol. The van der Waals surface area contributed by atoms with E-state index in [4.69, 9.17) is 5.11 Å². The van der Waals surface area contributed by atoms with Crippen LogP contribution in [0.25, 0.3) is 10.2 Å². The normalized spacial score (nSPS) is 17.9. The predicted octanol–water partition coefficient (Wildman–Crippen LogP) is 1.63. The Labute approximate surface area is 148 Å². The minimum absolute atomic E-state index is 0.0776. The van der Waals surface area contributed by atoms with E-state index in [0.717, 1.165) is 29.7 Å². The van der Waals surface area contributed by atoms with Gasteiger partial charge in [0.2, 0.25) is 5.91 Å². The van der Waals surface area contributed by atoms with E-state index in [1.54, 1.807) is 11.3 Å². The third kappa shape index (κ3) is 3.73. The van der Waals surface area contributed by atoms with Crippen molar-refractivity contribution in [3.05, 3.63) is 26.6 Å². The molecule has 0 saturated carbocycles. The van der Waals surface area contributed by atoms with Crippen molar-refractivity contribution in [2.75, 3.05) is 0 Å². The molecule has 2 aromatic rings. The molecule has 0 fully saturated rings. The van der Waals surface area contributed by atoms with Crippen LogP contribution < -0.4 is 10.9 Å². The first-order valence-corrected chi connectivity index (χ1v) is 9.22. The van der Waals surface area contributed by atoms with Crippen molar-refractivity contribution in [3.8, 4) is 0 Å². The zero-order chi connectivity index (χ0) is 18.1. The molecule has 2 heterocycles. The van der Waals surface area contributed by atoms with Crippen molar-refractivity contribution < 1.29 is 14.7 Å². The van der Waals surface area contributed by atoms with Crippen LogP contribution in [-0.2, 0) is 28.9 Å². The number of aliphatic carboxylic acids is 1. The average Bonchev–Trinajstić information content (AvgIpc) is 2.90. The van der Waals surface area contributed by atoms with Gasteiger partial charge in [-0.3, -0.25) is 14.4 Å². The minimum Gasteiger partial charge on any atom is -0.480 e. The summed E-state index contributed by atoms with van der Waals surface area (Å²) in [7, 11) is 0. The Morgan fingerprint density at radius 3 is 2.96 bits per heavy atom. The predicted molar refractivity (Wildman–Crippen MR) is 95.0 cm³/mol. The topological polar surface area (TPSA) is 112 Å². The molecule has 7 nitrogen and oxygen atoms in total. The molecule has 1 aliphatic rings. The lowest BCUT2D eigenvalue weighted by Crippen LogP contribution is -2.38. The molecule has 134 valence electrons. The van der Waals surface area contributed by atoms with Gasteiger partial charge < -0.3 is 15.4 Å². The van der Waals surface area contributed by atoms with Crippen molar-refractivity contribution in [2.45, 2.75) is 52.0 Å². The number of carboxylic acid groups (broad SMARTS) is 1. The number of rotatable bonds is 5. The smallest absolute Gasteiger partial charge is 0.325 e. The fraction of sp³-hybridized carbons (Fsp3) is 0.529. The number of hydrogen-bond acceptors (Lipinski definition) is 5. The molecule has 0 bridgehead atoms. The second-order valence-corrected chi connectivity index (χ2v) is 7.76. The molecule has 8 heteroatoms. The van der Waals surface area contributed by atoms with E-state index in [1.807, 2.05) is 0 Å². The molecule has 0 aliphatic heterocycles. The lowest BCUT2D eigenvalue weighted by molar-refractivity contribution is -0.141. The van der Waals surface area contributed by atoms with Gasteiger partial charge in [-0.25, -0.2) is 4.98 Å². The number of fused-ring (bicyclic) bond motifs is 3. The molecule has 2 aromatic heterocycles. The molecule has 1 aliphatic carbocycles. The highest BCUT2D eigenvalue weighted by Crippen LogP contribution is 2.35. The Balaban J connectivity index is 1.76. The van der Waals surface area contributed by atoms with Crippen molar-refractivity contribution in [1.29, 1.82) is 0 Å². The fourth-order valence-corrected chi connectivity index (χ4v) is 4.52. The van der Waals surface area contributed by atoms with Crippen LogP contribution >= 0.6 is 11.3 Å². The maximum absolute atomic E-state index is 12.5. The first-order chi connectivity index (χ1) is 11.8. The highest BCUT2D eigenvalue weighted by molar-refractivity contribution is 7.18. The molecule has 2 atom stereocenters. The van der Waals surface area contributed by atoms with Gasteiger partial charge in [0.15, 0.2) is 0 Å². The first-order valence-electron chi connectivity index (χ1n) is 8.40. The zero-order valence-corrected chi connectivity index (χ0v) is 15.0. The average molecular weight is 363 g/mol.